The average Bonchev–Trinajstić information content (AvgIpc) is 3.16. The minimum Gasteiger partial charge on any atom is -0.478 e. The van der Waals surface area contributed by atoms with Gasteiger partial charge in [-0.25, -0.2) is 9.97 Å². The lowest BCUT2D eigenvalue weighted by Gasteiger charge is -2.35. The highest BCUT2D eigenvalue weighted by atomic mass is 16.5. The molecule has 0 saturated carbocycles. The molecule has 0 spiro atoms. The molecule has 1 unspecified atom stereocenters. The minimum atomic E-state index is -0.303. The maximum atomic E-state index is 12.5. The van der Waals surface area contributed by atoms with E-state index in [1.165, 1.54) is 6.33 Å². The summed E-state index contributed by atoms with van der Waals surface area (Å²) in [6, 6.07) is 1.55. The molecule has 0 N–H and O–H groups in total. The molecule has 2 fully saturated rings. The van der Waals surface area contributed by atoms with Gasteiger partial charge in [0.05, 0.1) is 6.61 Å². The summed E-state index contributed by atoms with van der Waals surface area (Å²) in [7, 11) is 0. The lowest BCUT2D eigenvalue weighted by Crippen LogP contribution is -2.52. The van der Waals surface area contributed by atoms with Crippen LogP contribution in [0.1, 0.15) is 30.3 Å². The third kappa shape index (κ3) is 3.64. The topological polar surface area (TPSA) is 84.9 Å². The van der Waals surface area contributed by atoms with Gasteiger partial charge in [0.15, 0.2) is 0 Å². The standard InChI is InChI=1S/C16H22N4O4/c1-2-23-14-10-12(17-11-18-14)15(21)19-5-7-20(8-6-19)16(22)13-4-3-9-24-13/h10-11,13H,2-9H2,1H3. The highest BCUT2D eigenvalue weighted by molar-refractivity contribution is 5.92. The van der Waals surface area contributed by atoms with Crippen molar-refractivity contribution in [2.45, 2.75) is 25.9 Å². The fourth-order valence-corrected chi connectivity index (χ4v) is 2.95. The molecule has 3 heterocycles. The zero-order chi connectivity index (χ0) is 16.9. The first-order valence-corrected chi connectivity index (χ1v) is 8.33. The van der Waals surface area contributed by atoms with Gasteiger partial charge in [-0.05, 0) is 19.8 Å². The molecule has 24 heavy (non-hydrogen) atoms. The zero-order valence-corrected chi connectivity index (χ0v) is 13.8. The lowest BCUT2D eigenvalue weighted by molar-refractivity contribution is -0.142. The first-order valence-electron chi connectivity index (χ1n) is 8.33. The second-order valence-corrected chi connectivity index (χ2v) is 5.79. The second kappa shape index (κ2) is 7.57. The molecule has 3 rings (SSSR count). The molecule has 0 radical (unpaired) electrons. The average molecular weight is 334 g/mol. The maximum Gasteiger partial charge on any atom is 0.272 e. The molecule has 2 aliphatic heterocycles. The van der Waals surface area contributed by atoms with Crippen LogP contribution in [0.4, 0.5) is 0 Å². The molecular weight excluding hydrogens is 312 g/mol. The van der Waals surface area contributed by atoms with E-state index in [-0.39, 0.29) is 17.9 Å². The molecule has 1 aromatic rings. The molecule has 0 aliphatic carbocycles. The van der Waals surface area contributed by atoms with Gasteiger partial charge in [-0.15, -0.1) is 0 Å². The fourth-order valence-electron chi connectivity index (χ4n) is 2.95. The van der Waals surface area contributed by atoms with Crippen molar-refractivity contribution >= 4 is 11.8 Å². The van der Waals surface area contributed by atoms with Crippen LogP contribution in [0.5, 0.6) is 5.88 Å². The van der Waals surface area contributed by atoms with E-state index < -0.39 is 0 Å². The summed E-state index contributed by atoms with van der Waals surface area (Å²) in [6.07, 6.45) is 2.75. The highest BCUT2D eigenvalue weighted by Gasteiger charge is 2.31. The predicted molar refractivity (Wildman–Crippen MR) is 84.7 cm³/mol. The lowest BCUT2D eigenvalue weighted by atomic mass is 10.2. The summed E-state index contributed by atoms with van der Waals surface area (Å²) in [6.45, 7) is 5.02. The Balaban J connectivity index is 1.56. The van der Waals surface area contributed by atoms with Crippen LogP contribution in [0.2, 0.25) is 0 Å². The van der Waals surface area contributed by atoms with E-state index >= 15 is 0 Å². The number of carbonyl (C=O) groups excluding carboxylic acids is 2. The molecule has 1 aromatic heterocycles. The number of hydrogen-bond acceptors (Lipinski definition) is 6. The molecule has 8 heteroatoms. The SMILES string of the molecule is CCOc1cc(C(=O)N2CCN(C(=O)C3CCCO3)CC2)ncn1. The van der Waals surface area contributed by atoms with Gasteiger partial charge in [-0.1, -0.05) is 0 Å². The van der Waals surface area contributed by atoms with Crippen LogP contribution in [-0.2, 0) is 9.53 Å². The predicted octanol–water partition coefficient (Wildman–Crippen LogP) is 0.339. The van der Waals surface area contributed by atoms with E-state index in [0.717, 1.165) is 12.8 Å². The normalized spacial score (nSPS) is 21.0. The van der Waals surface area contributed by atoms with Crippen LogP contribution in [0.25, 0.3) is 0 Å². The Kier molecular flexibility index (Phi) is 5.24. The summed E-state index contributed by atoms with van der Waals surface area (Å²) in [5.41, 5.74) is 0.312. The molecule has 8 nitrogen and oxygen atoms in total. The van der Waals surface area contributed by atoms with Gasteiger partial charge in [-0.2, -0.15) is 0 Å². The van der Waals surface area contributed by atoms with Gasteiger partial charge >= 0.3 is 0 Å². The number of nitrogens with zero attached hydrogens (tertiary/aromatic N) is 4. The molecule has 2 amide bonds. The quantitative estimate of drug-likeness (QED) is 0.789. The van der Waals surface area contributed by atoms with Gasteiger partial charge in [0.2, 0.25) is 5.88 Å². The van der Waals surface area contributed by atoms with E-state index in [1.54, 1.807) is 15.9 Å². The Morgan fingerprint density at radius 2 is 2.00 bits per heavy atom. The van der Waals surface area contributed by atoms with Crippen molar-refractivity contribution in [3.05, 3.63) is 18.1 Å². The summed E-state index contributed by atoms with van der Waals surface area (Å²) >= 11 is 0. The van der Waals surface area contributed by atoms with Gasteiger partial charge in [-0.3, -0.25) is 9.59 Å². The van der Waals surface area contributed by atoms with Gasteiger partial charge < -0.3 is 19.3 Å². The molecule has 130 valence electrons. The van der Waals surface area contributed by atoms with Crippen molar-refractivity contribution in [2.75, 3.05) is 39.4 Å². The van der Waals surface area contributed by atoms with Crippen molar-refractivity contribution in [3.63, 3.8) is 0 Å². The van der Waals surface area contributed by atoms with Crippen LogP contribution < -0.4 is 4.74 Å². The van der Waals surface area contributed by atoms with Gasteiger partial charge in [0, 0.05) is 38.9 Å². The minimum absolute atomic E-state index is 0.0419. The van der Waals surface area contributed by atoms with E-state index in [2.05, 4.69) is 9.97 Å². The van der Waals surface area contributed by atoms with Crippen LogP contribution >= 0.6 is 0 Å². The number of piperazine rings is 1. The van der Waals surface area contributed by atoms with Crippen LogP contribution in [0.3, 0.4) is 0 Å². The number of ether oxygens (including phenoxy) is 2. The molecule has 2 saturated heterocycles. The Morgan fingerprint density at radius 1 is 1.25 bits per heavy atom. The number of aromatic nitrogens is 2. The zero-order valence-electron chi connectivity index (χ0n) is 13.8. The molecule has 0 bridgehead atoms. The van der Waals surface area contributed by atoms with E-state index in [0.29, 0.717) is 51.0 Å². The smallest absolute Gasteiger partial charge is 0.272 e. The van der Waals surface area contributed by atoms with Gasteiger partial charge in [0.25, 0.3) is 11.8 Å². The summed E-state index contributed by atoms with van der Waals surface area (Å²) < 4.78 is 10.7. The Labute approximate surface area is 140 Å². The Hall–Kier alpha value is -2.22. The molecule has 2 aliphatic rings. The number of hydrogen-bond donors (Lipinski definition) is 0. The van der Waals surface area contributed by atoms with E-state index in [1.807, 2.05) is 6.92 Å². The summed E-state index contributed by atoms with van der Waals surface area (Å²) in [5, 5.41) is 0. The van der Waals surface area contributed by atoms with Crippen molar-refractivity contribution in [1.82, 2.24) is 19.8 Å². The molecular formula is C16H22N4O4. The summed E-state index contributed by atoms with van der Waals surface area (Å²) in [5.74, 6) is 0.269. The van der Waals surface area contributed by atoms with Crippen LogP contribution in [0.15, 0.2) is 12.4 Å². The van der Waals surface area contributed by atoms with Crippen molar-refractivity contribution in [1.29, 1.82) is 0 Å². The highest BCUT2D eigenvalue weighted by Crippen LogP contribution is 2.17. The Morgan fingerprint density at radius 3 is 2.67 bits per heavy atom. The first-order chi connectivity index (χ1) is 11.7. The van der Waals surface area contributed by atoms with Crippen molar-refractivity contribution in [3.8, 4) is 5.88 Å². The monoisotopic (exact) mass is 334 g/mol. The van der Waals surface area contributed by atoms with Crippen LogP contribution in [0, 0.1) is 0 Å². The second-order valence-electron chi connectivity index (χ2n) is 5.79. The maximum absolute atomic E-state index is 12.5. The van der Waals surface area contributed by atoms with Crippen molar-refractivity contribution in [2.24, 2.45) is 0 Å². The largest absolute Gasteiger partial charge is 0.478 e. The number of amides is 2. The van der Waals surface area contributed by atoms with E-state index in [4.69, 9.17) is 9.47 Å². The summed E-state index contributed by atoms with van der Waals surface area (Å²) in [4.78, 5) is 36.3. The third-order valence-corrected chi connectivity index (χ3v) is 4.24. The number of carbonyl (C=O) groups is 2. The third-order valence-electron chi connectivity index (χ3n) is 4.24. The van der Waals surface area contributed by atoms with Gasteiger partial charge in [0.1, 0.15) is 18.1 Å². The van der Waals surface area contributed by atoms with E-state index in [9.17, 15) is 9.59 Å². The first kappa shape index (κ1) is 16.6. The number of rotatable bonds is 4. The molecule has 1 atom stereocenters. The molecule has 0 aromatic carbocycles. The fraction of sp³-hybridized carbons (Fsp3) is 0.625. The Bertz CT molecular complexity index is 595. The van der Waals surface area contributed by atoms with Crippen LogP contribution in [-0.4, -0.2) is 77.1 Å². The van der Waals surface area contributed by atoms with Crippen molar-refractivity contribution < 1.29 is 19.1 Å².